The van der Waals surface area contributed by atoms with Gasteiger partial charge >= 0.3 is 0 Å². The molecule has 1 atom stereocenters. The van der Waals surface area contributed by atoms with Gasteiger partial charge in [-0.1, -0.05) is 66.2 Å². The second-order valence-electron chi connectivity index (χ2n) is 7.71. The number of aryl methyl sites for hydroxylation is 1. The molecule has 0 aliphatic carbocycles. The lowest BCUT2D eigenvalue weighted by molar-refractivity contribution is -0.115. The molecule has 0 aliphatic rings. The number of carbonyl (C=O) groups is 1. The van der Waals surface area contributed by atoms with Crippen molar-refractivity contribution in [3.63, 3.8) is 0 Å². The minimum Gasteiger partial charge on any atom is -0.325 e. The zero-order valence-electron chi connectivity index (χ0n) is 18.5. The molecule has 0 saturated carbocycles. The second-order valence-corrected chi connectivity index (χ2v) is 10.6. The topological polar surface area (TPSA) is 75.3 Å². The highest BCUT2D eigenvalue weighted by molar-refractivity contribution is 8.00. The van der Waals surface area contributed by atoms with Crippen LogP contribution in [0.2, 0.25) is 0 Å². The van der Waals surface area contributed by atoms with Gasteiger partial charge in [-0.3, -0.25) is 9.52 Å². The Morgan fingerprint density at radius 3 is 1.91 bits per heavy atom. The van der Waals surface area contributed by atoms with Gasteiger partial charge in [-0.25, -0.2) is 8.42 Å². The lowest BCUT2D eigenvalue weighted by Crippen LogP contribution is -2.19. The van der Waals surface area contributed by atoms with Crippen LogP contribution in [0.5, 0.6) is 0 Å². The van der Waals surface area contributed by atoms with Crippen molar-refractivity contribution in [2.24, 2.45) is 0 Å². The number of rotatable bonds is 8. The van der Waals surface area contributed by atoms with Crippen molar-refractivity contribution in [1.82, 2.24) is 0 Å². The van der Waals surface area contributed by atoms with Crippen molar-refractivity contribution >= 4 is 39.1 Å². The fraction of sp³-hybridized carbons (Fsp3) is 0.0741. The highest BCUT2D eigenvalue weighted by atomic mass is 32.2. The maximum Gasteiger partial charge on any atom is 0.261 e. The van der Waals surface area contributed by atoms with Crippen LogP contribution >= 0.6 is 11.8 Å². The van der Waals surface area contributed by atoms with Crippen LogP contribution in [0.25, 0.3) is 0 Å². The number of anilines is 2. The third-order valence-corrected chi connectivity index (χ3v) is 7.74. The third-order valence-electron chi connectivity index (χ3n) is 5.07. The van der Waals surface area contributed by atoms with Gasteiger partial charge < -0.3 is 5.32 Å². The molecule has 4 aromatic carbocycles. The molecule has 172 valence electrons. The van der Waals surface area contributed by atoms with Gasteiger partial charge in [-0.2, -0.15) is 0 Å². The number of hydrogen-bond acceptors (Lipinski definition) is 4. The number of sulfonamides is 1. The van der Waals surface area contributed by atoms with E-state index < -0.39 is 15.3 Å². The summed E-state index contributed by atoms with van der Waals surface area (Å²) in [5.41, 5.74) is 2.94. The maximum atomic E-state index is 13.2. The molecule has 0 saturated heterocycles. The molecule has 2 N–H and O–H groups in total. The van der Waals surface area contributed by atoms with E-state index in [-0.39, 0.29) is 10.8 Å². The molecule has 0 spiro atoms. The van der Waals surface area contributed by atoms with Crippen molar-refractivity contribution in [1.29, 1.82) is 0 Å². The van der Waals surface area contributed by atoms with E-state index in [2.05, 4.69) is 10.0 Å². The first kappa shape index (κ1) is 23.6. The Morgan fingerprint density at radius 2 is 1.29 bits per heavy atom. The van der Waals surface area contributed by atoms with Crippen LogP contribution < -0.4 is 10.0 Å². The number of thioether (sulfide) groups is 1. The predicted molar refractivity (Wildman–Crippen MR) is 139 cm³/mol. The van der Waals surface area contributed by atoms with Crippen molar-refractivity contribution in [3.8, 4) is 0 Å². The summed E-state index contributed by atoms with van der Waals surface area (Å²) in [4.78, 5) is 14.3. The molecule has 0 aliphatic heterocycles. The Kier molecular flexibility index (Phi) is 7.35. The van der Waals surface area contributed by atoms with Crippen LogP contribution in [0.1, 0.15) is 16.4 Å². The highest BCUT2D eigenvalue weighted by Gasteiger charge is 2.22. The van der Waals surface area contributed by atoms with Gasteiger partial charge in [0.05, 0.1) is 4.90 Å². The zero-order valence-corrected chi connectivity index (χ0v) is 20.1. The Labute approximate surface area is 204 Å². The smallest absolute Gasteiger partial charge is 0.261 e. The summed E-state index contributed by atoms with van der Waals surface area (Å²) in [7, 11) is -3.74. The molecule has 7 heteroatoms. The Bertz CT molecular complexity index is 1340. The van der Waals surface area contributed by atoms with Crippen LogP contribution in [0.3, 0.4) is 0 Å². The van der Waals surface area contributed by atoms with Gasteiger partial charge in [-0.15, -0.1) is 11.8 Å². The van der Waals surface area contributed by atoms with Crippen molar-refractivity contribution in [2.45, 2.75) is 22.0 Å². The summed E-state index contributed by atoms with van der Waals surface area (Å²) in [6.45, 7) is 1.94. The molecular weight excluding hydrogens is 464 g/mol. The van der Waals surface area contributed by atoms with E-state index in [4.69, 9.17) is 0 Å². The van der Waals surface area contributed by atoms with Crippen molar-refractivity contribution in [2.75, 3.05) is 10.0 Å². The fourth-order valence-corrected chi connectivity index (χ4v) is 5.40. The Hall–Kier alpha value is -3.55. The van der Waals surface area contributed by atoms with Crippen LogP contribution in [0.15, 0.2) is 119 Å². The fourth-order valence-electron chi connectivity index (χ4n) is 3.30. The summed E-state index contributed by atoms with van der Waals surface area (Å²) in [6, 6.07) is 32.6. The lowest BCUT2D eigenvalue weighted by Gasteiger charge is -2.17. The third kappa shape index (κ3) is 6.07. The summed E-state index contributed by atoms with van der Waals surface area (Å²) >= 11 is 1.46. The summed E-state index contributed by atoms with van der Waals surface area (Å²) in [5.74, 6) is -0.187. The zero-order chi connectivity index (χ0) is 24.0. The van der Waals surface area contributed by atoms with Crippen molar-refractivity contribution < 1.29 is 13.2 Å². The van der Waals surface area contributed by atoms with Crippen LogP contribution in [-0.4, -0.2) is 14.3 Å². The first-order chi connectivity index (χ1) is 16.4. The molecule has 1 amide bonds. The molecule has 0 aromatic heterocycles. The van der Waals surface area contributed by atoms with E-state index in [9.17, 15) is 13.2 Å². The summed E-state index contributed by atoms with van der Waals surface area (Å²) in [5, 5.41) is 2.46. The number of nitrogens with one attached hydrogen (secondary N) is 2. The van der Waals surface area contributed by atoms with Gasteiger partial charge in [-0.05, 0) is 61.0 Å². The summed E-state index contributed by atoms with van der Waals surface area (Å²) in [6.07, 6.45) is 0. The first-order valence-electron chi connectivity index (χ1n) is 10.7. The average Bonchev–Trinajstić information content (AvgIpc) is 2.85. The Balaban J connectivity index is 1.49. The van der Waals surface area contributed by atoms with Crippen LogP contribution in [-0.2, 0) is 14.8 Å². The molecule has 0 unspecified atom stereocenters. The number of hydrogen-bond donors (Lipinski definition) is 2. The van der Waals surface area contributed by atoms with Crippen LogP contribution in [0.4, 0.5) is 11.4 Å². The second kappa shape index (κ2) is 10.6. The highest BCUT2D eigenvalue weighted by Crippen LogP contribution is 2.36. The van der Waals surface area contributed by atoms with E-state index in [1.165, 1.54) is 23.9 Å². The normalized spacial score (nSPS) is 12.0. The molecule has 0 fully saturated rings. The minimum absolute atomic E-state index is 0.115. The SMILES string of the molecule is Cc1ccc(NS(=O)(=O)c2ccc(NC(=O)[C@H](Sc3ccccc3)c3ccccc3)cc2)cc1. The van der Waals surface area contributed by atoms with Gasteiger partial charge in [0.15, 0.2) is 0 Å². The van der Waals surface area contributed by atoms with Crippen molar-refractivity contribution in [3.05, 3.63) is 120 Å². The van der Waals surface area contributed by atoms with Gasteiger partial charge in [0.2, 0.25) is 5.91 Å². The largest absolute Gasteiger partial charge is 0.325 e. The summed E-state index contributed by atoms with van der Waals surface area (Å²) < 4.78 is 28.0. The standard InChI is InChI=1S/C27H24N2O3S2/c1-20-12-14-23(15-13-20)29-34(31,32)25-18-16-22(17-19-25)28-27(30)26(21-8-4-2-5-9-21)33-24-10-6-3-7-11-24/h2-19,26,29H,1H3,(H,28,30)/t26-/m1/s1. The quantitative estimate of drug-likeness (QED) is 0.287. The molecule has 0 bridgehead atoms. The monoisotopic (exact) mass is 488 g/mol. The number of carbonyl (C=O) groups excluding carboxylic acids is 1. The molecule has 4 aromatic rings. The van der Waals surface area contributed by atoms with Gasteiger partial charge in [0.25, 0.3) is 10.0 Å². The molecule has 4 rings (SSSR count). The average molecular weight is 489 g/mol. The molecular formula is C27H24N2O3S2. The number of benzene rings is 4. The van der Waals surface area contributed by atoms with E-state index in [1.807, 2.05) is 79.7 Å². The van der Waals surface area contributed by atoms with Gasteiger partial charge in [0, 0.05) is 16.3 Å². The van der Waals surface area contributed by atoms with Gasteiger partial charge in [0.1, 0.15) is 5.25 Å². The maximum absolute atomic E-state index is 13.2. The Morgan fingerprint density at radius 1 is 0.735 bits per heavy atom. The molecule has 34 heavy (non-hydrogen) atoms. The van der Waals surface area contributed by atoms with E-state index >= 15 is 0 Å². The number of amides is 1. The van der Waals surface area contributed by atoms with E-state index in [0.717, 1.165) is 16.0 Å². The molecule has 0 heterocycles. The molecule has 5 nitrogen and oxygen atoms in total. The van der Waals surface area contributed by atoms with E-state index in [0.29, 0.717) is 11.4 Å². The molecule has 0 radical (unpaired) electrons. The van der Waals surface area contributed by atoms with Crippen LogP contribution in [0, 0.1) is 6.92 Å². The predicted octanol–water partition coefficient (Wildman–Crippen LogP) is 6.27. The first-order valence-corrected chi connectivity index (χ1v) is 13.0. The lowest BCUT2D eigenvalue weighted by atomic mass is 10.1. The minimum atomic E-state index is -3.74. The van der Waals surface area contributed by atoms with E-state index in [1.54, 1.807) is 24.3 Å².